The van der Waals surface area contributed by atoms with E-state index in [0.29, 0.717) is 23.5 Å². The van der Waals surface area contributed by atoms with Crippen molar-refractivity contribution in [3.8, 4) is 0 Å². The fraction of sp³-hybridized carbons (Fsp3) is 0.372. The van der Waals surface area contributed by atoms with Crippen LogP contribution in [0.25, 0.3) is 0 Å². The lowest BCUT2D eigenvalue weighted by molar-refractivity contribution is 0.0488. The van der Waals surface area contributed by atoms with Crippen LogP contribution in [0.3, 0.4) is 0 Å². The first kappa shape index (κ1) is 45.6. The molecule has 4 aromatic rings. The maximum atomic E-state index is 12.3. The van der Waals surface area contributed by atoms with Gasteiger partial charge in [-0.15, -0.1) is 11.1 Å². The smallest absolute Gasteiger partial charge is 0.407 e. The largest absolute Gasteiger partial charge is 0.444 e. The second kappa shape index (κ2) is 20.8. The monoisotopic (exact) mass is 890 g/mol. The molecular weight excluding hydrogens is 833 g/mol. The van der Waals surface area contributed by atoms with Crippen LogP contribution >= 0.6 is 0 Å². The molecule has 0 radical (unpaired) electrons. The number of hydrogen-bond acceptors (Lipinski definition) is 19. The Morgan fingerprint density at radius 1 is 0.662 bits per heavy atom. The highest BCUT2D eigenvalue weighted by Gasteiger charge is 2.30. The van der Waals surface area contributed by atoms with Crippen LogP contribution in [0.4, 0.5) is 51.1 Å². The summed E-state index contributed by atoms with van der Waals surface area (Å²) in [4.78, 5) is 53.8. The molecule has 2 saturated carbocycles. The number of aromatic nitrogens is 4. The Kier molecular flexibility index (Phi) is 14.6. The molecule has 22 heteroatoms. The van der Waals surface area contributed by atoms with Crippen molar-refractivity contribution in [2.45, 2.75) is 102 Å². The number of primary amides is 2. The lowest BCUT2D eigenvalue weighted by Gasteiger charge is -2.33. The summed E-state index contributed by atoms with van der Waals surface area (Å²) in [7, 11) is 0. The summed E-state index contributed by atoms with van der Waals surface area (Å²) >= 11 is 0. The molecule has 3 amide bonds. The molecule has 8 rings (SSSR count). The van der Waals surface area contributed by atoms with E-state index in [4.69, 9.17) is 21.9 Å². The number of benzene rings is 2. The minimum atomic E-state index is -0.639. The molecule has 15 N–H and O–H groups in total. The van der Waals surface area contributed by atoms with Crippen LogP contribution in [0.2, 0.25) is 0 Å². The molecule has 65 heavy (non-hydrogen) atoms. The fourth-order valence-electron chi connectivity index (χ4n) is 7.56. The fourth-order valence-corrected chi connectivity index (χ4v) is 7.56. The minimum absolute atomic E-state index is 0.0647. The number of hydrogen-bond donors (Lipinski definition) is 12. The van der Waals surface area contributed by atoms with Crippen molar-refractivity contribution in [3.05, 3.63) is 96.9 Å². The van der Waals surface area contributed by atoms with Gasteiger partial charge < -0.3 is 59.4 Å². The van der Waals surface area contributed by atoms with Crippen molar-refractivity contribution in [2.75, 3.05) is 31.3 Å². The number of carbonyl (C=O) groups excluding carboxylic acids is 3. The number of amides is 3. The molecule has 4 heterocycles. The van der Waals surface area contributed by atoms with Gasteiger partial charge in [-0.3, -0.25) is 19.6 Å². The van der Waals surface area contributed by atoms with E-state index >= 15 is 0 Å². The van der Waals surface area contributed by atoms with Crippen LogP contribution in [0.15, 0.2) is 85.7 Å². The van der Waals surface area contributed by atoms with Gasteiger partial charge in [-0.2, -0.15) is 9.97 Å². The van der Waals surface area contributed by atoms with Gasteiger partial charge in [-0.05, 0) is 95.0 Å². The molecule has 2 aromatic carbocycles. The Morgan fingerprint density at radius 2 is 1.11 bits per heavy atom. The van der Waals surface area contributed by atoms with E-state index in [-0.39, 0.29) is 35.3 Å². The van der Waals surface area contributed by atoms with Crippen LogP contribution in [-0.2, 0) is 4.74 Å². The molecular formula is C43H58N18O4. The van der Waals surface area contributed by atoms with Crippen molar-refractivity contribution >= 4 is 64.2 Å². The first-order valence-electron chi connectivity index (χ1n) is 21.6. The molecule has 0 spiro atoms. The lowest BCUT2D eigenvalue weighted by atomic mass is 9.90. The zero-order valence-electron chi connectivity index (χ0n) is 36.6. The Hall–Kier alpha value is -7.43. The highest BCUT2D eigenvalue weighted by atomic mass is 16.6. The van der Waals surface area contributed by atoms with Crippen molar-refractivity contribution in [1.82, 2.24) is 47.2 Å². The molecule has 22 nitrogen and oxygen atoms in total. The summed E-state index contributed by atoms with van der Waals surface area (Å²) < 4.78 is 5.42. The summed E-state index contributed by atoms with van der Waals surface area (Å²) in [5, 5.41) is 19.6. The van der Waals surface area contributed by atoms with E-state index < -0.39 is 23.5 Å². The van der Waals surface area contributed by atoms with Crippen molar-refractivity contribution in [2.24, 2.45) is 17.2 Å². The molecule has 2 aliphatic carbocycles. The van der Waals surface area contributed by atoms with Crippen LogP contribution in [0, 0.1) is 0 Å². The van der Waals surface area contributed by atoms with Gasteiger partial charge in [0.25, 0.3) is 11.8 Å². The lowest BCUT2D eigenvalue weighted by Crippen LogP contribution is -2.50. The van der Waals surface area contributed by atoms with Gasteiger partial charge in [-0.1, -0.05) is 25.7 Å². The number of alkyl carbamates (subject to hydrolysis) is 1. The SMILES string of the molecule is CC(C)(C)OC(=O)N[C@H]1CCCC[C@H]1Nc1ncc(C(N)=O)c(Nc2ccc(N3C=CNN3)cc2)n1.NC(=O)c1cnc(N[C@@H]2CCCC[C@@H]2N)nc1Nc1ccc(N2C=CNN2)cc1. The zero-order valence-corrected chi connectivity index (χ0v) is 36.6. The van der Waals surface area contributed by atoms with Crippen LogP contribution < -0.4 is 75.7 Å². The van der Waals surface area contributed by atoms with Crippen LogP contribution in [-0.4, -0.2) is 67.6 Å². The Bertz CT molecular complexity index is 2340. The van der Waals surface area contributed by atoms with Gasteiger partial charge in [0.15, 0.2) is 0 Å². The highest BCUT2D eigenvalue weighted by molar-refractivity contribution is 5.98. The third-order valence-corrected chi connectivity index (χ3v) is 10.8. The van der Waals surface area contributed by atoms with E-state index in [2.05, 4.69) is 68.4 Å². The number of anilines is 8. The number of hydrazine groups is 4. The second-order valence-corrected chi connectivity index (χ2v) is 16.9. The highest BCUT2D eigenvalue weighted by Crippen LogP contribution is 2.27. The van der Waals surface area contributed by atoms with Gasteiger partial charge in [0.2, 0.25) is 11.9 Å². The second-order valence-electron chi connectivity index (χ2n) is 16.9. The summed E-state index contributed by atoms with van der Waals surface area (Å²) in [5.41, 5.74) is 32.2. The normalized spacial score (nSPS) is 20.1. The van der Waals surface area contributed by atoms with E-state index in [1.807, 2.05) is 91.7 Å². The Labute approximate surface area is 376 Å². The van der Waals surface area contributed by atoms with Crippen molar-refractivity contribution in [3.63, 3.8) is 0 Å². The topological polar surface area (TPSA) is 305 Å². The number of carbonyl (C=O) groups is 3. The standard InChI is InChI=1S/C24H33N9O3.C19H25N9O/c1-24(2,3)36-23(35)30-19-7-5-4-6-18(19)29-22-26-14-17(20(25)34)21(31-22)28-15-8-10-16(11-9-15)33-13-12-27-32-33;20-15-3-1-2-4-16(15)25-19-22-11-14(17(21)29)18(26-19)24-12-5-7-13(8-6-12)28-10-9-23-27-28/h8-14,18-19,27,32H,4-7H2,1-3H3,(H2,25,34)(H,30,35)(H2,26,28,29,31);5-11,15-16,23,27H,1-4,20H2,(H2,21,29)(H2,22,24,25,26)/t18-,19+;15-,16+/m10/s1. The maximum Gasteiger partial charge on any atom is 0.407 e. The number of rotatable bonds is 13. The third kappa shape index (κ3) is 12.6. The molecule has 4 atom stereocenters. The Morgan fingerprint density at radius 3 is 1.54 bits per heavy atom. The number of nitrogens with two attached hydrogens (primary N) is 3. The van der Waals surface area contributed by atoms with E-state index in [0.717, 1.165) is 74.1 Å². The number of nitrogens with one attached hydrogen (secondary N) is 9. The quantitative estimate of drug-likeness (QED) is 0.0896. The molecule has 2 aliphatic heterocycles. The van der Waals surface area contributed by atoms with Gasteiger partial charge in [0, 0.05) is 66.7 Å². The third-order valence-electron chi connectivity index (χ3n) is 10.8. The molecule has 2 fully saturated rings. The van der Waals surface area contributed by atoms with Crippen LogP contribution in [0.1, 0.15) is 92.9 Å². The van der Waals surface area contributed by atoms with Gasteiger partial charge >= 0.3 is 6.09 Å². The molecule has 0 bridgehead atoms. The minimum Gasteiger partial charge on any atom is -0.444 e. The molecule has 4 aliphatic rings. The van der Waals surface area contributed by atoms with E-state index in [1.54, 1.807) is 12.4 Å². The first-order chi connectivity index (χ1) is 31.3. The molecule has 344 valence electrons. The van der Waals surface area contributed by atoms with Crippen molar-refractivity contribution < 1.29 is 19.1 Å². The number of nitrogens with zero attached hydrogens (tertiary/aromatic N) is 6. The Balaban J connectivity index is 0.000000198. The first-order valence-corrected chi connectivity index (χ1v) is 21.6. The summed E-state index contributed by atoms with van der Waals surface area (Å²) in [5.74, 6) is 0.172. The van der Waals surface area contributed by atoms with Crippen LogP contribution in [0.5, 0.6) is 0 Å². The predicted octanol–water partition coefficient (Wildman–Crippen LogP) is 4.17. The van der Waals surface area contributed by atoms with Crippen molar-refractivity contribution in [1.29, 1.82) is 0 Å². The maximum absolute atomic E-state index is 12.3. The predicted molar refractivity (Wildman–Crippen MR) is 249 cm³/mol. The molecule has 0 unspecified atom stereocenters. The van der Waals surface area contributed by atoms with Gasteiger partial charge in [-0.25, -0.2) is 14.8 Å². The number of ether oxygens (including phenoxy) is 1. The summed E-state index contributed by atoms with van der Waals surface area (Å²) in [6, 6.07) is 15.1. The average molecular weight is 891 g/mol. The molecule has 2 aromatic heterocycles. The van der Waals surface area contributed by atoms with Gasteiger partial charge in [0.05, 0.1) is 17.4 Å². The summed E-state index contributed by atoms with van der Waals surface area (Å²) in [6.07, 6.45) is 17.5. The summed E-state index contributed by atoms with van der Waals surface area (Å²) in [6.45, 7) is 5.49. The molecule has 0 saturated heterocycles. The average Bonchev–Trinajstić information content (AvgIpc) is 4.02. The zero-order chi connectivity index (χ0) is 45.9. The van der Waals surface area contributed by atoms with E-state index in [9.17, 15) is 14.4 Å². The van der Waals surface area contributed by atoms with Gasteiger partial charge in [0.1, 0.15) is 28.4 Å². The van der Waals surface area contributed by atoms with E-state index in [1.165, 1.54) is 12.4 Å².